The standard InChI is InChI=1S/C7H11F2N3O/c1-2-13-11-5-6-10-3-4-12(6)7(8)9/h3-4,7,11H,2,5H2,1H3. The van der Waals surface area contributed by atoms with Gasteiger partial charge in [0.05, 0.1) is 13.2 Å². The van der Waals surface area contributed by atoms with Gasteiger partial charge < -0.3 is 4.84 Å². The van der Waals surface area contributed by atoms with Crippen molar-refractivity contribution in [3.05, 3.63) is 18.2 Å². The topological polar surface area (TPSA) is 39.1 Å². The third-order valence-electron chi connectivity index (χ3n) is 1.44. The van der Waals surface area contributed by atoms with Crippen LogP contribution in [-0.4, -0.2) is 16.2 Å². The van der Waals surface area contributed by atoms with Crippen molar-refractivity contribution in [1.82, 2.24) is 15.0 Å². The third-order valence-corrected chi connectivity index (χ3v) is 1.44. The van der Waals surface area contributed by atoms with E-state index in [1.54, 1.807) is 6.92 Å². The number of hydrogen-bond donors (Lipinski definition) is 1. The lowest BCUT2D eigenvalue weighted by Crippen LogP contribution is -2.17. The highest BCUT2D eigenvalue weighted by Crippen LogP contribution is 2.11. The maximum atomic E-state index is 12.2. The Morgan fingerprint density at radius 3 is 3.08 bits per heavy atom. The van der Waals surface area contributed by atoms with E-state index in [4.69, 9.17) is 4.84 Å². The summed E-state index contributed by atoms with van der Waals surface area (Å²) >= 11 is 0. The normalized spacial score (nSPS) is 11.1. The molecule has 0 amide bonds. The van der Waals surface area contributed by atoms with E-state index in [0.29, 0.717) is 6.61 Å². The fourth-order valence-corrected chi connectivity index (χ4v) is 0.876. The summed E-state index contributed by atoms with van der Waals surface area (Å²) in [5, 5.41) is 0. The summed E-state index contributed by atoms with van der Waals surface area (Å²) in [6.45, 7) is -0.103. The summed E-state index contributed by atoms with van der Waals surface area (Å²) in [5.74, 6) is 0.253. The van der Waals surface area contributed by atoms with Gasteiger partial charge in [-0.25, -0.2) is 4.98 Å². The molecule has 0 spiro atoms. The molecule has 1 aromatic heterocycles. The minimum atomic E-state index is -2.55. The van der Waals surface area contributed by atoms with E-state index < -0.39 is 6.55 Å². The van der Waals surface area contributed by atoms with Gasteiger partial charge in [0, 0.05) is 12.4 Å². The van der Waals surface area contributed by atoms with Crippen molar-refractivity contribution in [3.8, 4) is 0 Å². The van der Waals surface area contributed by atoms with Crippen molar-refractivity contribution in [2.45, 2.75) is 20.0 Å². The molecule has 1 N–H and O–H groups in total. The van der Waals surface area contributed by atoms with Crippen molar-refractivity contribution in [3.63, 3.8) is 0 Å². The highest BCUT2D eigenvalue weighted by atomic mass is 19.3. The number of imidazole rings is 1. The summed E-state index contributed by atoms with van der Waals surface area (Å²) in [4.78, 5) is 8.54. The minimum absolute atomic E-state index is 0.172. The van der Waals surface area contributed by atoms with E-state index in [1.807, 2.05) is 0 Å². The average Bonchev–Trinajstić information content (AvgIpc) is 2.53. The highest BCUT2D eigenvalue weighted by molar-refractivity contribution is 4.91. The molecule has 13 heavy (non-hydrogen) atoms. The quantitative estimate of drug-likeness (QED) is 0.563. The van der Waals surface area contributed by atoms with Crippen molar-refractivity contribution < 1.29 is 13.6 Å². The molecule has 1 heterocycles. The summed E-state index contributed by atoms with van der Waals surface area (Å²) in [6, 6.07) is 0. The van der Waals surface area contributed by atoms with Crippen LogP contribution < -0.4 is 5.48 Å². The molecule has 74 valence electrons. The Bertz CT molecular complexity index is 252. The Labute approximate surface area is 74.5 Å². The number of aromatic nitrogens is 2. The van der Waals surface area contributed by atoms with Crippen molar-refractivity contribution in [2.75, 3.05) is 6.61 Å². The van der Waals surface area contributed by atoms with E-state index in [2.05, 4.69) is 10.5 Å². The minimum Gasteiger partial charge on any atom is -0.302 e. The van der Waals surface area contributed by atoms with E-state index in [-0.39, 0.29) is 12.4 Å². The number of hydrogen-bond acceptors (Lipinski definition) is 3. The monoisotopic (exact) mass is 191 g/mol. The largest absolute Gasteiger partial charge is 0.319 e. The molecule has 6 heteroatoms. The second-order valence-corrected chi connectivity index (χ2v) is 2.28. The molecular weight excluding hydrogens is 180 g/mol. The van der Waals surface area contributed by atoms with Crippen LogP contribution in [0.25, 0.3) is 0 Å². The first-order chi connectivity index (χ1) is 6.25. The van der Waals surface area contributed by atoms with E-state index in [9.17, 15) is 8.78 Å². The Morgan fingerprint density at radius 1 is 1.69 bits per heavy atom. The van der Waals surface area contributed by atoms with Gasteiger partial charge in [-0.3, -0.25) is 4.57 Å². The highest BCUT2D eigenvalue weighted by Gasteiger charge is 2.10. The van der Waals surface area contributed by atoms with Crippen LogP contribution in [0.3, 0.4) is 0 Å². The predicted molar refractivity (Wildman–Crippen MR) is 41.9 cm³/mol. The Balaban J connectivity index is 2.50. The maximum Gasteiger partial charge on any atom is 0.319 e. The molecule has 0 saturated heterocycles. The molecule has 0 bridgehead atoms. The first kappa shape index (κ1) is 10.1. The second kappa shape index (κ2) is 4.88. The molecule has 0 unspecified atom stereocenters. The van der Waals surface area contributed by atoms with Crippen LogP contribution in [0.1, 0.15) is 19.3 Å². The van der Waals surface area contributed by atoms with Crippen molar-refractivity contribution >= 4 is 0 Å². The van der Waals surface area contributed by atoms with E-state index in [0.717, 1.165) is 4.57 Å². The van der Waals surface area contributed by atoms with Gasteiger partial charge in [0.25, 0.3) is 0 Å². The molecule has 0 aliphatic rings. The van der Waals surface area contributed by atoms with Crippen molar-refractivity contribution in [1.29, 1.82) is 0 Å². The number of nitrogens with one attached hydrogen (secondary N) is 1. The predicted octanol–water partition coefficient (Wildman–Crippen LogP) is 1.32. The van der Waals surface area contributed by atoms with Gasteiger partial charge in [-0.15, -0.1) is 0 Å². The SMILES string of the molecule is CCONCc1nccn1C(F)F. The van der Waals surface area contributed by atoms with Crippen LogP contribution in [0.2, 0.25) is 0 Å². The molecule has 0 saturated carbocycles. The zero-order valence-corrected chi connectivity index (χ0v) is 7.20. The second-order valence-electron chi connectivity index (χ2n) is 2.28. The van der Waals surface area contributed by atoms with E-state index >= 15 is 0 Å². The maximum absolute atomic E-state index is 12.2. The van der Waals surface area contributed by atoms with Gasteiger partial charge in [-0.05, 0) is 6.92 Å². The fraction of sp³-hybridized carbons (Fsp3) is 0.571. The fourth-order valence-electron chi connectivity index (χ4n) is 0.876. The smallest absolute Gasteiger partial charge is 0.302 e. The Hall–Kier alpha value is -1.01. The van der Waals surface area contributed by atoms with Crippen LogP contribution in [0.5, 0.6) is 0 Å². The summed E-state index contributed by atoms with van der Waals surface area (Å²) in [7, 11) is 0. The Morgan fingerprint density at radius 2 is 2.46 bits per heavy atom. The van der Waals surface area contributed by atoms with Crippen LogP contribution >= 0.6 is 0 Å². The van der Waals surface area contributed by atoms with Crippen LogP contribution in [-0.2, 0) is 11.4 Å². The van der Waals surface area contributed by atoms with Crippen LogP contribution in [0.4, 0.5) is 8.78 Å². The lowest BCUT2D eigenvalue weighted by molar-refractivity contribution is 0.0352. The van der Waals surface area contributed by atoms with Gasteiger partial charge in [-0.1, -0.05) is 0 Å². The van der Waals surface area contributed by atoms with Crippen LogP contribution in [0, 0.1) is 0 Å². The van der Waals surface area contributed by atoms with Crippen molar-refractivity contribution in [2.24, 2.45) is 0 Å². The number of alkyl halides is 2. The van der Waals surface area contributed by atoms with E-state index in [1.165, 1.54) is 12.4 Å². The lowest BCUT2D eigenvalue weighted by atomic mass is 10.6. The number of rotatable bonds is 5. The third kappa shape index (κ3) is 2.74. The molecular formula is C7H11F2N3O. The molecule has 1 aromatic rings. The molecule has 0 fully saturated rings. The summed E-state index contributed by atoms with van der Waals surface area (Å²) < 4.78 is 25.2. The molecule has 0 radical (unpaired) electrons. The zero-order valence-electron chi connectivity index (χ0n) is 7.20. The first-order valence-corrected chi connectivity index (χ1v) is 3.90. The average molecular weight is 191 g/mol. The van der Waals surface area contributed by atoms with Crippen LogP contribution in [0.15, 0.2) is 12.4 Å². The molecule has 0 aliphatic carbocycles. The number of hydroxylamine groups is 1. The zero-order chi connectivity index (χ0) is 9.68. The number of halogens is 2. The molecule has 4 nitrogen and oxygen atoms in total. The first-order valence-electron chi connectivity index (χ1n) is 3.90. The molecule has 0 aliphatic heterocycles. The Kier molecular flexibility index (Phi) is 3.78. The number of nitrogens with zero attached hydrogens (tertiary/aromatic N) is 2. The molecule has 0 atom stereocenters. The molecule has 0 aromatic carbocycles. The summed E-state index contributed by atoms with van der Waals surface area (Å²) in [5.41, 5.74) is 2.52. The van der Waals surface area contributed by atoms with Gasteiger partial charge in [0.1, 0.15) is 5.82 Å². The lowest BCUT2D eigenvalue weighted by Gasteiger charge is -2.06. The summed E-state index contributed by atoms with van der Waals surface area (Å²) in [6.07, 6.45) is 2.56. The van der Waals surface area contributed by atoms with Gasteiger partial charge in [-0.2, -0.15) is 14.3 Å². The van der Waals surface area contributed by atoms with Gasteiger partial charge in [0.15, 0.2) is 0 Å². The van der Waals surface area contributed by atoms with Gasteiger partial charge in [0.2, 0.25) is 0 Å². The molecule has 1 rings (SSSR count). The van der Waals surface area contributed by atoms with Gasteiger partial charge >= 0.3 is 6.55 Å².